The standard InChI is InChI=1S/C16H17ClN6/c1-8(2)22-16-13(15(19)20-7-21-16)14(18)12-5-9-3-4-10(17)6-11(9)23-12/h3-8,18,23H,1-2H3,(H3,19,20,21,22). The number of aromatic nitrogens is 3. The topological polar surface area (TPSA) is 103 Å². The zero-order valence-electron chi connectivity index (χ0n) is 12.8. The SMILES string of the molecule is CC(C)Nc1ncnc(N)c1C(=N)c1cc2ccc(Cl)cc2[nH]1. The van der Waals surface area contributed by atoms with E-state index in [1.165, 1.54) is 6.33 Å². The number of fused-ring (bicyclic) bond motifs is 1. The van der Waals surface area contributed by atoms with E-state index in [-0.39, 0.29) is 17.6 Å². The summed E-state index contributed by atoms with van der Waals surface area (Å²) in [5.74, 6) is 0.819. The van der Waals surface area contributed by atoms with Gasteiger partial charge in [0, 0.05) is 22.0 Å². The Balaban J connectivity index is 2.08. The fraction of sp³-hybridized carbons (Fsp3) is 0.188. The smallest absolute Gasteiger partial charge is 0.141 e. The van der Waals surface area contributed by atoms with E-state index in [2.05, 4.69) is 20.3 Å². The molecule has 5 N–H and O–H groups in total. The lowest BCUT2D eigenvalue weighted by molar-refractivity contribution is 0.885. The van der Waals surface area contributed by atoms with Crippen molar-refractivity contribution in [3.05, 3.63) is 46.9 Å². The summed E-state index contributed by atoms with van der Waals surface area (Å²) in [6, 6.07) is 7.60. The van der Waals surface area contributed by atoms with Crippen LogP contribution in [0.15, 0.2) is 30.6 Å². The third-order valence-electron chi connectivity index (χ3n) is 3.41. The molecule has 0 aliphatic heterocycles. The Morgan fingerprint density at radius 3 is 2.83 bits per heavy atom. The minimum atomic E-state index is 0.164. The van der Waals surface area contributed by atoms with E-state index in [9.17, 15) is 0 Å². The second-order valence-electron chi connectivity index (χ2n) is 5.57. The Bertz CT molecular complexity index is 883. The minimum absolute atomic E-state index is 0.164. The Morgan fingerprint density at radius 2 is 2.09 bits per heavy atom. The molecule has 0 saturated carbocycles. The van der Waals surface area contributed by atoms with Gasteiger partial charge in [-0.2, -0.15) is 0 Å². The average molecular weight is 329 g/mol. The van der Waals surface area contributed by atoms with Crippen LogP contribution in [-0.2, 0) is 0 Å². The molecule has 3 rings (SSSR count). The highest BCUT2D eigenvalue weighted by Gasteiger charge is 2.18. The van der Waals surface area contributed by atoms with Crippen LogP contribution in [0.5, 0.6) is 0 Å². The van der Waals surface area contributed by atoms with Gasteiger partial charge in [0.15, 0.2) is 0 Å². The van der Waals surface area contributed by atoms with Crippen molar-refractivity contribution in [1.29, 1.82) is 5.41 Å². The Hall–Kier alpha value is -2.60. The van der Waals surface area contributed by atoms with Crippen LogP contribution in [-0.4, -0.2) is 26.7 Å². The van der Waals surface area contributed by atoms with Crippen molar-refractivity contribution in [2.24, 2.45) is 0 Å². The molecule has 1 aromatic carbocycles. The van der Waals surface area contributed by atoms with Crippen molar-refractivity contribution < 1.29 is 0 Å². The lowest BCUT2D eigenvalue weighted by atomic mass is 10.1. The van der Waals surface area contributed by atoms with Crippen LogP contribution in [0.3, 0.4) is 0 Å². The molecule has 118 valence electrons. The summed E-state index contributed by atoms with van der Waals surface area (Å²) in [4.78, 5) is 11.4. The van der Waals surface area contributed by atoms with Crippen molar-refractivity contribution in [3.63, 3.8) is 0 Å². The van der Waals surface area contributed by atoms with Gasteiger partial charge < -0.3 is 16.0 Å². The molecule has 0 aliphatic rings. The van der Waals surface area contributed by atoms with Crippen LogP contribution < -0.4 is 11.1 Å². The minimum Gasteiger partial charge on any atom is -0.383 e. The summed E-state index contributed by atoms with van der Waals surface area (Å²) in [7, 11) is 0. The maximum atomic E-state index is 8.52. The number of hydrogen-bond acceptors (Lipinski definition) is 5. The number of anilines is 2. The van der Waals surface area contributed by atoms with Crippen molar-refractivity contribution in [3.8, 4) is 0 Å². The first-order chi connectivity index (χ1) is 11.0. The van der Waals surface area contributed by atoms with Gasteiger partial charge in [0.05, 0.1) is 17.0 Å². The normalized spacial score (nSPS) is 11.1. The predicted octanol–water partition coefficient (Wildman–Crippen LogP) is 3.43. The monoisotopic (exact) mass is 328 g/mol. The quantitative estimate of drug-likeness (QED) is 0.551. The van der Waals surface area contributed by atoms with E-state index in [1.54, 1.807) is 0 Å². The molecule has 0 unspecified atom stereocenters. The van der Waals surface area contributed by atoms with Crippen molar-refractivity contribution in [2.75, 3.05) is 11.1 Å². The molecule has 2 aromatic heterocycles. The summed E-state index contributed by atoms with van der Waals surface area (Å²) < 4.78 is 0. The molecule has 6 nitrogen and oxygen atoms in total. The van der Waals surface area contributed by atoms with Crippen molar-refractivity contribution in [1.82, 2.24) is 15.0 Å². The molecule has 7 heteroatoms. The van der Waals surface area contributed by atoms with E-state index in [4.69, 9.17) is 22.7 Å². The van der Waals surface area contributed by atoms with Crippen LogP contribution in [0.25, 0.3) is 10.9 Å². The first-order valence-electron chi connectivity index (χ1n) is 7.20. The molecule has 0 amide bonds. The molecule has 0 saturated heterocycles. The summed E-state index contributed by atoms with van der Waals surface area (Å²) in [6.07, 6.45) is 1.39. The van der Waals surface area contributed by atoms with E-state index >= 15 is 0 Å². The van der Waals surface area contributed by atoms with Gasteiger partial charge in [-0.25, -0.2) is 9.97 Å². The molecule has 0 radical (unpaired) electrons. The van der Waals surface area contributed by atoms with E-state index < -0.39 is 0 Å². The molecule has 23 heavy (non-hydrogen) atoms. The number of halogens is 1. The number of benzene rings is 1. The fourth-order valence-corrected chi connectivity index (χ4v) is 2.57. The predicted molar refractivity (Wildman–Crippen MR) is 94.4 cm³/mol. The summed E-state index contributed by atoms with van der Waals surface area (Å²) in [6.45, 7) is 3.99. The van der Waals surface area contributed by atoms with Crippen LogP contribution in [0, 0.1) is 5.41 Å². The Labute approximate surface area is 138 Å². The second kappa shape index (κ2) is 5.89. The molecular formula is C16H17ClN6. The van der Waals surface area contributed by atoms with Crippen LogP contribution in [0.1, 0.15) is 25.1 Å². The summed E-state index contributed by atoms with van der Waals surface area (Å²) in [5.41, 5.74) is 8.21. The highest BCUT2D eigenvalue weighted by Crippen LogP contribution is 2.25. The second-order valence-corrected chi connectivity index (χ2v) is 6.01. The molecule has 0 spiro atoms. The van der Waals surface area contributed by atoms with Gasteiger partial charge in [-0.15, -0.1) is 0 Å². The van der Waals surface area contributed by atoms with Gasteiger partial charge in [-0.1, -0.05) is 17.7 Å². The molecule has 0 aliphatic carbocycles. The van der Waals surface area contributed by atoms with E-state index in [0.29, 0.717) is 22.1 Å². The number of rotatable bonds is 4. The number of hydrogen-bond donors (Lipinski definition) is 4. The first-order valence-corrected chi connectivity index (χ1v) is 7.58. The van der Waals surface area contributed by atoms with Crippen LogP contribution in [0.4, 0.5) is 11.6 Å². The number of aromatic amines is 1. The zero-order chi connectivity index (χ0) is 16.6. The molecule has 0 fully saturated rings. The number of nitrogens with zero attached hydrogens (tertiary/aromatic N) is 2. The van der Waals surface area contributed by atoms with E-state index in [0.717, 1.165) is 10.9 Å². The third-order valence-corrected chi connectivity index (χ3v) is 3.64. The fourth-order valence-electron chi connectivity index (χ4n) is 2.40. The van der Waals surface area contributed by atoms with Gasteiger partial charge in [0.25, 0.3) is 0 Å². The number of nitrogen functional groups attached to an aromatic ring is 1. The Morgan fingerprint density at radius 1 is 1.30 bits per heavy atom. The Kier molecular flexibility index (Phi) is 3.92. The lowest BCUT2D eigenvalue weighted by Gasteiger charge is -2.14. The van der Waals surface area contributed by atoms with Crippen molar-refractivity contribution in [2.45, 2.75) is 19.9 Å². The zero-order valence-corrected chi connectivity index (χ0v) is 13.6. The van der Waals surface area contributed by atoms with Crippen molar-refractivity contribution >= 4 is 39.9 Å². The third kappa shape index (κ3) is 2.98. The van der Waals surface area contributed by atoms with Gasteiger partial charge in [0.1, 0.15) is 18.0 Å². The van der Waals surface area contributed by atoms with Gasteiger partial charge in [-0.3, -0.25) is 5.41 Å². The molecule has 0 bridgehead atoms. The first kappa shape index (κ1) is 15.3. The molecular weight excluding hydrogens is 312 g/mol. The molecule has 0 atom stereocenters. The summed E-state index contributed by atoms with van der Waals surface area (Å²) >= 11 is 6.01. The number of nitrogens with one attached hydrogen (secondary N) is 3. The average Bonchev–Trinajstić information content (AvgIpc) is 2.89. The maximum absolute atomic E-state index is 8.52. The van der Waals surface area contributed by atoms with Gasteiger partial charge in [-0.05, 0) is 32.0 Å². The number of H-pyrrole nitrogens is 1. The highest BCUT2D eigenvalue weighted by molar-refractivity contribution is 6.31. The molecule has 2 heterocycles. The molecule has 3 aromatic rings. The largest absolute Gasteiger partial charge is 0.383 e. The van der Waals surface area contributed by atoms with E-state index in [1.807, 2.05) is 38.1 Å². The lowest BCUT2D eigenvalue weighted by Crippen LogP contribution is -2.18. The van der Waals surface area contributed by atoms with Crippen LogP contribution in [0.2, 0.25) is 5.02 Å². The summed E-state index contributed by atoms with van der Waals surface area (Å²) in [5, 5.41) is 13.3. The van der Waals surface area contributed by atoms with Gasteiger partial charge >= 0.3 is 0 Å². The number of nitrogens with two attached hydrogens (primary N) is 1. The maximum Gasteiger partial charge on any atom is 0.141 e. The highest BCUT2D eigenvalue weighted by atomic mass is 35.5. The van der Waals surface area contributed by atoms with Crippen LogP contribution >= 0.6 is 11.6 Å². The van der Waals surface area contributed by atoms with Gasteiger partial charge in [0.2, 0.25) is 0 Å².